The van der Waals surface area contributed by atoms with Gasteiger partial charge in [0.2, 0.25) is 16.0 Å². The molecule has 2 aliphatic heterocycles. The number of allylic oxidation sites excluding steroid dienone is 1. The molecule has 0 aliphatic carbocycles. The molecule has 3 heterocycles. The molecule has 1 aromatic rings. The van der Waals surface area contributed by atoms with Gasteiger partial charge in [0.05, 0.1) is 23.6 Å². The van der Waals surface area contributed by atoms with Gasteiger partial charge < -0.3 is 11.1 Å². The summed E-state index contributed by atoms with van der Waals surface area (Å²) in [6.07, 6.45) is 1.89. The van der Waals surface area contributed by atoms with Gasteiger partial charge in [-0.05, 0) is 30.9 Å². The monoisotopic (exact) mass is 444 g/mol. The van der Waals surface area contributed by atoms with E-state index in [1.54, 1.807) is 25.4 Å². The fourth-order valence-electron chi connectivity index (χ4n) is 3.75. The van der Waals surface area contributed by atoms with Gasteiger partial charge in [-0.2, -0.15) is 17.5 Å². The molecule has 12 heteroatoms. The van der Waals surface area contributed by atoms with Crippen molar-refractivity contribution in [1.29, 1.82) is 0 Å². The van der Waals surface area contributed by atoms with Crippen molar-refractivity contribution in [3.8, 4) is 0 Å². The molecule has 1 fully saturated rings. The van der Waals surface area contributed by atoms with Gasteiger partial charge in [0, 0.05) is 37.7 Å². The van der Waals surface area contributed by atoms with E-state index in [4.69, 9.17) is 5.73 Å². The summed E-state index contributed by atoms with van der Waals surface area (Å²) in [4.78, 5) is 12.5. The minimum Gasteiger partial charge on any atom is -0.403 e. The third-order valence-electron chi connectivity index (χ3n) is 4.98. The van der Waals surface area contributed by atoms with Crippen LogP contribution in [0.2, 0.25) is 0 Å². The Morgan fingerprint density at radius 1 is 1.43 bits per heavy atom. The second-order valence-corrected chi connectivity index (χ2v) is 9.10. The molecule has 2 bridgehead atoms. The Morgan fingerprint density at radius 3 is 2.83 bits per heavy atom. The van der Waals surface area contributed by atoms with Crippen LogP contribution in [-0.2, 0) is 10.0 Å². The first-order valence-electron chi connectivity index (χ1n) is 9.36. The zero-order chi connectivity index (χ0) is 21.9. The molecule has 2 atom stereocenters. The number of rotatable bonds is 7. The lowest BCUT2D eigenvalue weighted by Crippen LogP contribution is -2.44. The SMILES string of the molecule is CN=CC(=CN)Nc1nccc(C2=CC3CCC(C2)N3S(=O)(=O)CCC(F)(F)F)n1. The summed E-state index contributed by atoms with van der Waals surface area (Å²) in [5, 5.41) is 2.94. The summed E-state index contributed by atoms with van der Waals surface area (Å²) in [5.74, 6) is -0.626. The first kappa shape index (κ1) is 22.2. The van der Waals surface area contributed by atoms with Crippen LogP contribution >= 0.6 is 0 Å². The van der Waals surface area contributed by atoms with Crippen molar-refractivity contribution in [2.45, 2.75) is 43.9 Å². The third-order valence-corrected chi connectivity index (χ3v) is 6.92. The van der Waals surface area contributed by atoms with E-state index in [-0.39, 0.29) is 6.04 Å². The fourth-order valence-corrected chi connectivity index (χ4v) is 5.66. The lowest BCUT2D eigenvalue weighted by atomic mass is 10.0. The summed E-state index contributed by atoms with van der Waals surface area (Å²) in [7, 11) is -2.41. The molecule has 0 aromatic carbocycles. The average molecular weight is 444 g/mol. The van der Waals surface area contributed by atoms with E-state index in [2.05, 4.69) is 20.3 Å². The van der Waals surface area contributed by atoms with Gasteiger partial charge in [-0.3, -0.25) is 4.99 Å². The van der Waals surface area contributed by atoms with Crippen LogP contribution in [0.15, 0.2) is 35.2 Å². The number of hydrogen-bond donors (Lipinski definition) is 2. The summed E-state index contributed by atoms with van der Waals surface area (Å²) in [6.45, 7) is 0. The first-order chi connectivity index (χ1) is 14.1. The molecule has 0 radical (unpaired) electrons. The molecule has 2 aliphatic rings. The number of hydrogen-bond acceptors (Lipinski definition) is 7. The van der Waals surface area contributed by atoms with E-state index in [0.717, 1.165) is 5.57 Å². The Labute approximate surface area is 172 Å². The van der Waals surface area contributed by atoms with Crippen molar-refractivity contribution >= 4 is 27.8 Å². The van der Waals surface area contributed by atoms with Crippen LogP contribution in [0.5, 0.6) is 0 Å². The standard InChI is InChI=1S/C18H23F3N6O2S/c1-23-11-13(10-22)25-17-24-6-4-16(26-17)12-8-14-2-3-15(9-12)27(14)30(28,29)7-5-18(19,20)21/h4,6,8,10-11,14-15H,2-3,5,7,9,22H2,1H3,(H,24,25,26). The van der Waals surface area contributed by atoms with Crippen molar-refractivity contribution < 1.29 is 21.6 Å². The van der Waals surface area contributed by atoms with Crippen molar-refractivity contribution in [2.24, 2.45) is 10.7 Å². The van der Waals surface area contributed by atoms with Gasteiger partial charge in [0.1, 0.15) is 0 Å². The van der Waals surface area contributed by atoms with E-state index in [0.29, 0.717) is 36.6 Å². The quantitative estimate of drug-likeness (QED) is 0.624. The summed E-state index contributed by atoms with van der Waals surface area (Å²) in [5.41, 5.74) is 7.50. The van der Waals surface area contributed by atoms with Crippen molar-refractivity contribution in [1.82, 2.24) is 14.3 Å². The number of anilines is 1. The van der Waals surface area contributed by atoms with Crippen LogP contribution in [0.25, 0.3) is 5.57 Å². The lowest BCUT2D eigenvalue weighted by molar-refractivity contribution is -0.130. The van der Waals surface area contributed by atoms with E-state index < -0.39 is 34.4 Å². The molecule has 0 saturated carbocycles. The topological polar surface area (TPSA) is 114 Å². The van der Waals surface area contributed by atoms with Crippen molar-refractivity contribution in [2.75, 3.05) is 18.1 Å². The lowest BCUT2D eigenvalue weighted by Gasteiger charge is -2.33. The normalized spacial score (nSPS) is 23.1. The van der Waals surface area contributed by atoms with Gasteiger partial charge >= 0.3 is 6.18 Å². The van der Waals surface area contributed by atoms with Gasteiger partial charge in [0.25, 0.3) is 0 Å². The molecular formula is C18H23F3N6O2S. The Morgan fingerprint density at radius 2 is 2.20 bits per heavy atom. The van der Waals surface area contributed by atoms with E-state index in [9.17, 15) is 21.6 Å². The smallest absolute Gasteiger partial charge is 0.390 e. The molecular weight excluding hydrogens is 421 g/mol. The molecule has 30 heavy (non-hydrogen) atoms. The van der Waals surface area contributed by atoms with Crippen LogP contribution in [0.4, 0.5) is 19.1 Å². The largest absolute Gasteiger partial charge is 0.403 e. The molecule has 1 saturated heterocycles. The van der Waals surface area contributed by atoms with E-state index >= 15 is 0 Å². The highest BCUT2D eigenvalue weighted by Crippen LogP contribution is 2.40. The second-order valence-electron chi connectivity index (χ2n) is 7.11. The van der Waals surface area contributed by atoms with Crippen LogP contribution in [0.3, 0.4) is 0 Å². The fraction of sp³-hybridized carbons (Fsp3) is 0.500. The number of aliphatic imine (C=N–C) groups is 1. The maximum absolute atomic E-state index is 12.5. The zero-order valence-corrected chi connectivity index (χ0v) is 17.1. The molecule has 8 nitrogen and oxygen atoms in total. The second kappa shape index (κ2) is 8.72. The molecule has 1 aromatic heterocycles. The minimum absolute atomic E-state index is 0.303. The van der Waals surface area contributed by atoms with Crippen LogP contribution < -0.4 is 11.1 Å². The third kappa shape index (κ3) is 5.17. The molecule has 0 spiro atoms. The maximum Gasteiger partial charge on any atom is 0.390 e. The zero-order valence-electron chi connectivity index (χ0n) is 16.3. The van der Waals surface area contributed by atoms with Gasteiger partial charge in [-0.15, -0.1) is 0 Å². The molecule has 3 rings (SSSR count). The number of nitrogens with zero attached hydrogens (tertiary/aromatic N) is 4. The molecule has 0 amide bonds. The van der Waals surface area contributed by atoms with Crippen molar-refractivity contribution in [3.63, 3.8) is 0 Å². The number of fused-ring (bicyclic) bond motifs is 2. The van der Waals surface area contributed by atoms with Crippen LogP contribution in [0.1, 0.15) is 31.4 Å². The Balaban J connectivity index is 1.79. The summed E-state index contributed by atoms with van der Waals surface area (Å²) >= 11 is 0. The predicted octanol–water partition coefficient (Wildman–Crippen LogP) is 2.29. The first-order valence-corrected chi connectivity index (χ1v) is 11.0. The van der Waals surface area contributed by atoms with E-state index in [1.165, 1.54) is 16.7 Å². The van der Waals surface area contributed by atoms with Crippen molar-refractivity contribution in [3.05, 3.63) is 35.9 Å². The maximum atomic E-state index is 12.5. The number of halogens is 3. The summed E-state index contributed by atoms with van der Waals surface area (Å²) < 4.78 is 63.9. The molecule has 2 unspecified atom stereocenters. The van der Waals surface area contributed by atoms with Crippen LogP contribution in [-0.4, -0.2) is 60.0 Å². The summed E-state index contributed by atoms with van der Waals surface area (Å²) in [6, 6.07) is 0.880. The Hall–Kier alpha value is -2.47. The highest BCUT2D eigenvalue weighted by molar-refractivity contribution is 7.89. The van der Waals surface area contributed by atoms with E-state index in [1.807, 2.05) is 0 Å². The van der Waals surface area contributed by atoms with Gasteiger partial charge in [-0.25, -0.2) is 18.4 Å². The van der Waals surface area contributed by atoms with Gasteiger partial charge in [-0.1, -0.05) is 6.08 Å². The average Bonchev–Trinajstić information content (AvgIpc) is 2.97. The van der Waals surface area contributed by atoms with Crippen LogP contribution in [0, 0.1) is 0 Å². The highest BCUT2D eigenvalue weighted by atomic mass is 32.2. The molecule has 3 N–H and O–H groups in total. The number of aromatic nitrogens is 2. The minimum atomic E-state index is -4.51. The number of alkyl halides is 3. The number of nitrogens with two attached hydrogens (primary N) is 1. The highest BCUT2D eigenvalue weighted by Gasteiger charge is 2.44. The number of sulfonamides is 1. The predicted molar refractivity (Wildman–Crippen MR) is 108 cm³/mol. The molecule has 164 valence electrons. The Bertz CT molecular complexity index is 974. The van der Waals surface area contributed by atoms with Gasteiger partial charge in [0.15, 0.2) is 0 Å². The Kier molecular flexibility index (Phi) is 6.46. The number of nitrogens with one attached hydrogen (secondary N) is 1.